The van der Waals surface area contributed by atoms with Gasteiger partial charge in [0.25, 0.3) is 5.91 Å². The van der Waals surface area contributed by atoms with Crippen molar-refractivity contribution in [2.24, 2.45) is 5.92 Å². The van der Waals surface area contributed by atoms with Crippen LogP contribution in [0.1, 0.15) is 71.7 Å². The first-order valence-corrected chi connectivity index (χ1v) is 14.7. The van der Waals surface area contributed by atoms with Gasteiger partial charge in [-0.1, -0.05) is 26.8 Å². The fraction of sp³-hybridized carbons (Fsp3) is 0.600. The fourth-order valence-corrected chi connectivity index (χ4v) is 6.40. The summed E-state index contributed by atoms with van der Waals surface area (Å²) in [7, 11) is 0. The number of anilines is 1. The molecule has 1 aromatic carbocycles. The van der Waals surface area contributed by atoms with E-state index in [2.05, 4.69) is 77.7 Å². The van der Waals surface area contributed by atoms with Gasteiger partial charge in [0.05, 0.1) is 17.1 Å². The van der Waals surface area contributed by atoms with Gasteiger partial charge in [0, 0.05) is 31.5 Å². The molecule has 4 aromatic rings. The molecule has 228 valence electrons. The van der Waals surface area contributed by atoms with Crippen molar-refractivity contribution in [3.63, 3.8) is 0 Å². The average molecular weight is 581 g/mol. The number of aliphatic hydroxyl groups is 2. The summed E-state index contributed by atoms with van der Waals surface area (Å²) < 4.78 is 7.47. The Bertz CT molecular complexity index is 1540. The van der Waals surface area contributed by atoms with E-state index in [-0.39, 0.29) is 22.8 Å². The van der Waals surface area contributed by atoms with Gasteiger partial charge in [-0.05, 0) is 62.1 Å². The van der Waals surface area contributed by atoms with Crippen LogP contribution >= 0.6 is 0 Å². The Morgan fingerprint density at radius 3 is 2.67 bits per heavy atom. The fourth-order valence-electron chi connectivity index (χ4n) is 6.40. The van der Waals surface area contributed by atoms with Gasteiger partial charge in [-0.2, -0.15) is 0 Å². The van der Waals surface area contributed by atoms with E-state index in [1.807, 2.05) is 0 Å². The average Bonchev–Trinajstić information content (AvgIpc) is 3.57. The lowest BCUT2D eigenvalue weighted by Crippen LogP contribution is -2.51. The van der Waals surface area contributed by atoms with Crippen molar-refractivity contribution in [3.05, 3.63) is 42.2 Å². The van der Waals surface area contributed by atoms with Crippen molar-refractivity contribution < 1.29 is 20.4 Å². The maximum absolute atomic E-state index is 11.4. The van der Waals surface area contributed by atoms with Crippen LogP contribution in [0.15, 0.2) is 30.9 Å². The number of nitrogen functional groups attached to an aromatic ring is 1. The van der Waals surface area contributed by atoms with Crippen molar-refractivity contribution in [1.29, 1.82) is 0 Å². The highest BCUT2D eigenvalue weighted by Crippen LogP contribution is 2.39. The Morgan fingerprint density at radius 2 is 1.95 bits per heavy atom. The second-order valence-electron chi connectivity index (χ2n) is 13.2. The van der Waals surface area contributed by atoms with E-state index in [0.29, 0.717) is 42.1 Å². The Hall–Kier alpha value is -3.16. The number of fused-ring (bicyclic) bond motifs is 2. The Kier molecular flexibility index (Phi) is 8.05. The molecule has 1 aliphatic carbocycles. The van der Waals surface area contributed by atoms with E-state index in [9.17, 15) is 10.2 Å². The molecule has 12 nitrogen and oxygen atoms in total. The minimum absolute atomic E-state index is 0. The van der Waals surface area contributed by atoms with Gasteiger partial charge >= 0.3 is 0 Å². The molecule has 1 saturated carbocycles. The zero-order valence-electron chi connectivity index (χ0n) is 25.1. The molecule has 1 saturated heterocycles. The number of nitrogens with two attached hydrogens (primary N) is 1. The molecular weight excluding hydrogens is 536 g/mol. The number of imidazole rings is 2. The molecule has 3 aromatic heterocycles. The third-order valence-electron chi connectivity index (χ3n) is 8.91. The summed E-state index contributed by atoms with van der Waals surface area (Å²) in [6, 6.07) is 7.30. The lowest BCUT2D eigenvalue weighted by atomic mass is 9.76. The molecule has 4 heterocycles. The molecule has 42 heavy (non-hydrogen) atoms. The standard InChI is InChI=1S/C30H42N8O3.H2O/c1-17(2)37(14-21-13-24(39)30(40,41-21)38-16-34-26-27(31)32-15-33-28(26)38)20-10-18(11-20)6-9-25-35-22-8-7-19(29(3,4)5)12-23(22)36-25;/h7-8,12,15-18,20-21,24,39-40H,6,9-11,13-14H2,1-5H3,(H,35,36)(H2,31,32,33);1H2/t18-,20-,21-,24-,30-;/m1./s1. The van der Waals surface area contributed by atoms with Gasteiger partial charge in [0.1, 0.15) is 30.1 Å². The molecule has 6 rings (SSSR count). The van der Waals surface area contributed by atoms with Crippen LogP contribution in [0.3, 0.4) is 0 Å². The van der Waals surface area contributed by atoms with E-state index < -0.39 is 12.0 Å². The molecule has 2 aliphatic rings. The summed E-state index contributed by atoms with van der Waals surface area (Å²) in [4.78, 5) is 23.2. The second-order valence-corrected chi connectivity index (χ2v) is 13.2. The quantitative estimate of drug-likeness (QED) is 0.243. The monoisotopic (exact) mass is 580 g/mol. The van der Waals surface area contributed by atoms with E-state index in [1.165, 1.54) is 22.8 Å². The zero-order valence-corrected chi connectivity index (χ0v) is 25.1. The number of aliphatic hydroxyl groups excluding tert-OH is 1. The molecule has 7 N–H and O–H groups in total. The number of ether oxygens (including phenoxy) is 1. The van der Waals surface area contributed by atoms with Gasteiger partial charge in [-0.25, -0.2) is 19.9 Å². The summed E-state index contributed by atoms with van der Waals surface area (Å²) in [5.41, 5.74) is 10.1. The third-order valence-corrected chi connectivity index (χ3v) is 8.91. The lowest BCUT2D eigenvalue weighted by molar-refractivity contribution is -0.286. The number of benzene rings is 1. The van der Waals surface area contributed by atoms with Crippen molar-refractivity contribution in [3.8, 4) is 0 Å². The molecule has 0 radical (unpaired) electrons. The number of hydrogen-bond donors (Lipinski definition) is 4. The molecule has 3 atom stereocenters. The van der Waals surface area contributed by atoms with Crippen LogP contribution in [-0.4, -0.2) is 80.9 Å². The number of H-pyrrole nitrogens is 1. The van der Waals surface area contributed by atoms with Gasteiger partial charge in [-0.15, -0.1) is 0 Å². The second kappa shape index (κ2) is 11.2. The SMILES string of the molecule is CC(C)N(C[C@H]1C[C@@H](O)[C@](O)(n2cnc3c(N)ncnc32)O1)[C@H]1C[C@H](CCc2nc3cc(C(C)(C)C)ccc3[nH]2)C1.O. The van der Waals surface area contributed by atoms with Gasteiger partial charge in [0.15, 0.2) is 11.5 Å². The molecule has 2 fully saturated rings. The molecule has 12 heteroatoms. The molecule has 0 spiro atoms. The maximum atomic E-state index is 11.4. The molecule has 0 unspecified atom stereocenters. The number of aromatic amines is 1. The molecular formula is C30H44N8O4. The number of nitrogens with one attached hydrogen (secondary N) is 1. The molecule has 0 amide bonds. The van der Waals surface area contributed by atoms with Crippen LogP contribution in [0.2, 0.25) is 0 Å². The van der Waals surface area contributed by atoms with E-state index >= 15 is 0 Å². The topological polar surface area (TPSA) is 183 Å². The maximum Gasteiger partial charge on any atom is 0.283 e. The zero-order chi connectivity index (χ0) is 29.1. The minimum Gasteiger partial charge on any atom is -0.412 e. The Morgan fingerprint density at radius 1 is 1.19 bits per heavy atom. The number of nitrogens with zero attached hydrogens (tertiary/aromatic N) is 6. The summed E-state index contributed by atoms with van der Waals surface area (Å²) in [5, 5.41) is 22.3. The summed E-state index contributed by atoms with van der Waals surface area (Å²) in [6.07, 6.45) is 5.81. The first kappa shape index (κ1) is 30.3. The van der Waals surface area contributed by atoms with E-state index in [0.717, 1.165) is 42.5 Å². The van der Waals surface area contributed by atoms with E-state index in [1.54, 1.807) is 0 Å². The largest absolute Gasteiger partial charge is 0.412 e. The molecule has 0 bridgehead atoms. The van der Waals surface area contributed by atoms with Crippen molar-refractivity contribution >= 4 is 28.0 Å². The highest BCUT2D eigenvalue weighted by atomic mass is 16.7. The van der Waals surface area contributed by atoms with Crippen LogP contribution in [0.4, 0.5) is 5.82 Å². The van der Waals surface area contributed by atoms with Crippen LogP contribution in [-0.2, 0) is 22.5 Å². The van der Waals surface area contributed by atoms with Crippen LogP contribution in [0.25, 0.3) is 22.2 Å². The summed E-state index contributed by atoms with van der Waals surface area (Å²) >= 11 is 0. The van der Waals surface area contributed by atoms with E-state index in [4.69, 9.17) is 15.5 Å². The van der Waals surface area contributed by atoms with Gasteiger partial charge in [0.2, 0.25) is 0 Å². The van der Waals surface area contributed by atoms with Crippen molar-refractivity contribution in [2.75, 3.05) is 12.3 Å². The van der Waals surface area contributed by atoms with Gasteiger partial charge in [-0.3, -0.25) is 9.47 Å². The first-order valence-electron chi connectivity index (χ1n) is 14.7. The number of aryl methyl sites for hydroxylation is 1. The summed E-state index contributed by atoms with van der Waals surface area (Å²) in [6.45, 7) is 11.7. The minimum atomic E-state index is -1.97. The lowest BCUT2D eigenvalue weighted by Gasteiger charge is -2.46. The highest BCUT2D eigenvalue weighted by molar-refractivity contribution is 5.81. The normalized spacial score (nSPS) is 26.3. The third kappa shape index (κ3) is 5.49. The summed E-state index contributed by atoms with van der Waals surface area (Å²) in [5.74, 6) is -0.0523. The number of aromatic nitrogens is 6. The van der Waals surface area contributed by atoms with Crippen molar-refractivity contribution in [1.82, 2.24) is 34.4 Å². The predicted molar refractivity (Wildman–Crippen MR) is 161 cm³/mol. The van der Waals surface area contributed by atoms with Crippen LogP contribution in [0.5, 0.6) is 0 Å². The number of hydrogen-bond acceptors (Lipinski definition) is 9. The predicted octanol–water partition coefficient (Wildman–Crippen LogP) is 2.63. The highest BCUT2D eigenvalue weighted by Gasteiger charge is 2.50. The van der Waals surface area contributed by atoms with Crippen molar-refractivity contribution in [2.45, 2.75) is 102 Å². The van der Waals surface area contributed by atoms with Crippen LogP contribution in [0, 0.1) is 5.92 Å². The smallest absolute Gasteiger partial charge is 0.283 e. The van der Waals surface area contributed by atoms with Crippen LogP contribution < -0.4 is 5.73 Å². The molecule has 1 aliphatic heterocycles. The number of rotatable bonds is 8. The van der Waals surface area contributed by atoms with Gasteiger partial charge < -0.3 is 31.1 Å². The first-order chi connectivity index (χ1) is 19.4. The Balaban J connectivity index is 0.00000353. The Labute approximate surface area is 245 Å².